The molecule has 0 bridgehead atoms. The van der Waals surface area contributed by atoms with Gasteiger partial charge in [0.25, 0.3) is 5.91 Å². The van der Waals surface area contributed by atoms with Gasteiger partial charge >= 0.3 is 6.03 Å². The first-order valence-corrected chi connectivity index (χ1v) is 17.4. The lowest BCUT2D eigenvalue weighted by Crippen LogP contribution is -2.48. The third-order valence-corrected chi connectivity index (χ3v) is 10.1. The SMILES string of the molecule is C[C@H]1CCCCO[C@H](CN(C)S(=O)(=O)c2ccccc2)[C@@H](C)CN([C@@H](C)CO)C(=O)c2cc(NC(=O)Nc3ccccc3)ccc2O1. The molecule has 0 aromatic heterocycles. The van der Waals surface area contributed by atoms with E-state index in [9.17, 15) is 23.1 Å². The average molecular weight is 667 g/mol. The first-order chi connectivity index (χ1) is 22.5. The number of sulfonamides is 1. The van der Waals surface area contributed by atoms with Gasteiger partial charge in [0, 0.05) is 44.0 Å². The van der Waals surface area contributed by atoms with Crippen LogP contribution >= 0.6 is 0 Å². The number of aliphatic hydroxyl groups is 1. The van der Waals surface area contributed by atoms with Gasteiger partial charge in [0.05, 0.1) is 35.3 Å². The molecule has 4 atom stereocenters. The van der Waals surface area contributed by atoms with Crippen molar-refractivity contribution in [3.63, 3.8) is 0 Å². The summed E-state index contributed by atoms with van der Waals surface area (Å²) in [7, 11) is -2.25. The van der Waals surface area contributed by atoms with Crippen LogP contribution in [0.5, 0.6) is 5.75 Å². The van der Waals surface area contributed by atoms with Crippen LogP contribution in [0.1, 0.15) is 50.4 Å². The minimum atomic E-state index is -3.77. The van der Waals surface area contributed by atoms with Crippen molar-refractivity contribution in [3.05, 3.63) is 84.4 Å². The predicted molar refractivity (Wildman–Crippen MR) is 182 cm³/mol. The maximum Gasteiger partial charge on any atom is 0.323 e. The molecule has 11 nitrogen and oxygen atoms in total. The van der Waals surface area contributed by atoms with Crippen molar-refractivity contribution < 1.29 is 32.6 Å². The summed E-state index contributed by atoms with van der Waals surface area (Å²) in [5.41, 5.74) is 1.24. The average Bonchev–Trinajstić information content (AvgIpc) is 3.06. The number of benzene rings is 3. The molecule has 3 amide bonds. The zero-order valence-electron chi connectivity index (χ0n) is 27.5. The summed E-state index contributed by atoms with van der Waals surface area (Å²) in [6.07, 6.45) is 1.50. The number of urea groups is 1. The van der Waals surface area contributed by atoms with Gasteiger partial charge in [-0.15, -0.1) is 0 Å². The van der Waals surface area contributed by atoms with E-state index in [4.69, 9.17) is 9.47 Å². The van der Waals surface area contributed by atoms with Gasteiger partial charge in [0.1, 0.15) is 5.75 Å². The number of rotatable bonds is 8. The van der Waals surface area contributed by atoms with Crippen LogP contribution in [-0.2, 0) is 14.8 Å². The molecule has 3 aromatic rings. The Hall–Kier alpha value is -3.97. The van der Waals surface area contributed by atoms with Gasteiger partial charge in [0.15, 0.2) is 0 Å². The fraction of sp³-hybridized carbons (Fsp3) is 0.429. The van der Waals surface area contributed by atoms with Gasteiger partial charge in [-0.3, -0.25) is 4.79 Å². The molecule has 0 spiro atoms. The van der Waals surface area contributed by atoms with E-state index in [-0.39, 0.29) is 42.2 Å². The Morgan fingerprint density at radius 3 is 2.34 bits per heavy atom. The van der Waals surface area contributed by atoms with Crippen LogP contribution in [0.15, 0.2) is 83.8 Å². The maximum atomic E-state index is 14.3. The highest BCUT2D eigenvalue weighted by Crippen LogP contribution is 2.29. The zero-order valence-corrected chi connectivity index (χ0v) is 28.3. The highest BCUT2D eigenvalue weighted by Gasteiger charge is 2.32. The number of carbonyl (C=O) groups excluding carboxylic acids is 2. The van der Waals surface area contributed by atoms with Crippen molar-refractivity contribution in [2.75, 3.05) is 44.0 Å². The number of nitrogens with zero attached hydrogens (tertiary/aromatic N) is 2. The Labute approximate surface area is 277 Å². The number of carbonyl (C=O) groups is 2. The van der Waals surface area contributed by atoms with Gasteiger partial charge in [-0.2, -0.15) is 4.31 Å². The number of nitrogens with one attached hydrogen (secondary N) is 2. The van der Waals surface area contributed by atoms with E-state index in [2.05, 4.69) is 10.6 Å². The largest absolute Gasteiger partial charge is 0.490 e. The van der Waals surface area contributed by atoms with Crippen LogP contribution in [0.3, 0.4) is 0 Å². The molecule has 1 aliphatic rings. The zero-order chi connectivity index (χ0) is 34.0. The van der Waals surface area contributed by atoms with Crippen LogP contribution in [-0.4, -0.2) is 86.3 Å². The second-order valence-corrected chi connectivity index (χ2v) is 14.1. The number of para-hydroxylation sites is 1. The summed E-state index contributed by atoms with van der Waals surface area (Å²) in [5, 5.41) is 15.8. The fourth-order valence-corrected chi connectivity index (χ4v) is 6.61. The standard InChI is InChI=1S/C35H46N4O7S/c1-25-22-39(26(2)24-40)34(41)31-21-29(37-35(42)36-28-14-7-5-8-15-28)18-19-32(31)46-27(3)13-11-12-20-45-33(25)23-38(4)47(43,44)30-16-9-6-10-17-30/h5-10,14-19,21,25-27,33,40H,11-13,20,22-24H2,1-4H3,(H2,36,37,42)/t25-,26-,27-,33+/m0/s1. The summed E-state index contributed by atoms with van der Waals surface area (Å²) in [5.74, 6) is -0.336. The number of amides is 3. The number of likely N-dealkylation sites (N-methyl/N-ethyl adjacent to an activating group) is 1. The summed E-state index contributed by atoms with van der Waals surface area (Å²) in [6, 6.07) is 21.1. The van der Waals surface area contributed by atoms with Gasteiger partial charge in [0.2, 0.25) is 10.0 Å². The van der Waals surface area contributed by atoms with Gasteiger partial charge in [-0.25, -0.2) is 13.2 Å². The van der Waals surface area contributed by atoms with Crippen LogP contribution in [0, 0.1) is 5.92 Å². The first kappa shape index (κ1) is 35.9. The molecule has 3 N–H and O–H groups in total. The maximum absolute atomic E-state index is 14.3. The van der Waals surface area contributed by atoms with Gasteiger partial charge in [-0.1, -0.05) is 43.3 Å². The Kier molecular flexibility index (Phi) is 12.8. The fourth-order valence-electron chi connectivity index (χ4n) is 5.40. The summed E-state index contributed by atoms with van der Waals surface area (Å²) >= 11 is 0. The molecule has 0 saturated heterocycles. The number of hydrogen-bond donors (Lipinski definition) is 3. The Balaban J connectivity index is 1.63. The lowest BCUT2D eigenvalue weighted by molar-refractivity contribution is -0.00833. The number of ether oxygens (including phenoxy) is 2. The second kappa shape index (κ2) is 16.7. The Morgan fingerprint density at radius 1 is 1.00 bits per heavy atom. The monoisotopic (exact) mass is 666 g/mol. The quantitative estimate of drug-likeness (QED) is 0.291. The lowest BCUT2D eigenvalue weighted by Gasteiger charge is -2.35. The molecule has 12 heteroatoms. The molecule has 4 rings (SSSR count). The van der Waals surface area contributed by atoms with Crippen LogP contribution in [0.25, 0.3) is 0 Å². The number of hydrogen-bond acceptors (Lipinski definition) is 7. The predicted octanol–water partition coefficient (Wildman–Crippen LogP) is 5.45. The van der Waals surface area contributed by atoms with E-state index in [0.717, 1.165) is 12.8 Å². The summed E-state index contributed by atoms with van der Waals surface area (Å²) in [6.45, 7) is 5.96. The van der Waals surface area contributed by atoms with Crippen molar-refractivity contribution in [1.82, 2.24) is 9.21 Å². The molecule has 1 aliphatic heterocycles. The van der Waals surface area contributed by atoms with E-state index in [1.807, 2.05) is 32.0 Å². The molecule has 1 heterocycles. The molecule has 254 valence electrons. The highest BCUT2D eigenvalue weighted by atomic mass is 32.2. The van der Waals surface area contributed by atoms with E-state index in [1.54, 1.807) is 72.5 Å². The molecule has 0 unspecified atom stereocenters. The molecule has 0 fully saturated rings. The van der Waals surface area contributed by atoms with E-state index >= 15 is 0 Å². The summed E-state index contributed by atoms with van der Waals surface area (Å²) < 4.78 is 40.6. The normalized spacial score (nSPS) is 20.4. The van der Waals surface area contributed by atoms with Crippen molar-refractivity contribution in [2.24, 2.45) is 5.92 Å². The number of fused-ring (bicyclic) bond motifs is 1. The third kappa shape index (κ3) is 9.77. The molecular weight excluding hydrogens is 620 g/mol. The van der Waals surface area contributed by atoms with Crippen LogP contribution in [0.2, 0.25) is 0 Å². The Morgan fingerprint density at radius 2 is 1.66 bits per heavy atom. The smallest absolute Gasteiger partial charge is 0.323 e. The molecule has 0 radical (unpaired) electrons. The minimum Gasteiger partial charge on any atom is -0.490 e. The molecule has 47 heavy (non-hydrogen) atoms. The van der Waals surface area contributed by atoms with Gasteiger partial charge < -0.3 is 30.1 Å². The second-order valence-electron chi connectivity index (χ2n) is 12.1. The van der Waals surface area contributed by atoms with Crippen molar-refractivity contribution in [3.8, 4) is 5.75 Å². The highest BCUT2D eigenvalue weighted by molar-refractivity contribution is 7.89. The van der Waals surface area contributed by atoms with E-state index < -0.39 is 34.1 Å². The van der Waals surface area contributed by atoms with Crippen LogP contribution in [0.4, 0.5) is 16.2 Å². The summed E-state index contributed by atoms with van der Waals surface area (Å²) in [4.78, 5) is 28.8. The molecule has 0 saturated carbocycles. The number of aliphatic hydroxyl groups excluding tert-OH is 1. The first-order valence-electron chi connectivity index (χ1n) is 16.0. The van der Waals surface area contributed by atoms with Gasteiger partial charge in [-0.05, 0) is 75.6 Å². The Bertz CT molecular complexity index is 1570. The lowest BCUT2D eigenvalue weighted by atomic mass is 10.0. The van der Waals surface area contributed by atoms with Crippen molar-refractivity contribution >= 4 is 33.3 Å². The third-order valence-electron chi connectivity index (χ3n) is 8.23. The molecular formula is C35H46N4O7S. The van der Waals surface area contributed by atoms with E-state index in [0.29, 0.717) is 30.2 Å². The van der Waals surface area contributed by atoms with E-state index in [1.165, 1.54) is 11.4 Å². The van der Waals surface area contributed by atoms with Crippen molar-refractivity contribution in [1.29, 1.82) is 0 Å². The number of anilines is 2. The molecule has 0 aliphatic carbocycles. The van der Waals surface area contributed by atoms with Crippen molar-refractivity contribution in [2.45, 2.75) is 63.2 Å². The topological polar surface area (TPSA) is 138 Å². The minimum absolute atomic E-state index is 0.0780. The van der Waals surface area contributed by atoms with Crippen LogP contribution < -0.4 is 15.4 Å². The molecule has 3 aromatic carbocycles.